The van der Waals surface area contributed by atoms with Gasteiger partial charge in [0.1, 0.15) is 0 Å². The van der Waals surface area contributed by atoms with E-state index in [1.165, 1.54) is 11.8 Å². The van der Waals surface area contributed by atoms with Crippen LogP contribution in [0.15, 0.2) is 11.6 Å². The van der Waals surface area contributed by atoms with E-state index in [1.54, 1.807) is 0 Å². The van der Waals surface area contributed by atoms with E-state index in [1.807, 2.05) is 13.0 Å². The van der Waals surface area contributed by atoms with Crippen LogP contribution in [0.2, 0.25) is 0 Å². The molecule has 0 bridgehead atoms. The van der Waals surface area contributed by atoms with Gasteiger partial charge < -0.3 is 0 Å². The summed E-state index contributed by atoms with van der Waals surface area (Å²) >= 11 is 1.32. The average molecular weight is 154 g/mol. The molecule has 0 unspecified atom stereocenters. The molecule has 0 aliphatic heterocycles. The van der Waals surface area contributed by atoms with Crippen molar-refractivity contribution < 1.29 is 1.37 Å². The zero-order chi connectivity index (χ0) is 8.53. The lowest BCUT2D eigenvalue weighted by Crippen LogP contribution is -1.67. The Morgan fingerprint density at radius 3 is 3.30 bits per heavy atom. The van der Waals surface area contributed by atoms with E-state index < -0.39 is 0 Å². The molecule has 0 aromatic heterocycles. The maximum absolute atomic E-state index is 6.78. The number of allylic oxidation sites excluding steroid dienone is 2. The molecule has 0 atom stereocenters. The smallest absolute Gasteiger partial charge is 0.0354 e. The van der Waals surface area contributed by atoms with Gasteiger partial charge in [-0.15, -0.1) is 0 Å². The van der Waals surface area contributed by atoms with Gasteiger partial charge in [-0.25, -0.2) is 0 Å². The van der Waals surface area contributed by atoms with Crippen LogP contribution in [0.4, 0.5) is 0 Å². The van der Waals surface area contributed by atoms with E-state index in [2.05, 4.69) is 11.2 Å². The highest BCUT2D eigenvalue weighted by atomic mass is 32.2. The summed E-state index contributed by atoms with van der Waals surface area (Å²) in [5, 5.41) is 2.82. The topological polar surface area (TPSA) is 0 Å². The third-order valence-corrected chi connectivity index (χ3v) is 1.17. The number of unbranched alkanes of at least 4 members (excludes halogenated alkanes) is 1. The van der Waals surface area contributed by atoms with E-state index in [4.69, 9.17) is 8.29 Å². The minimum Gasteiger partial charge on any atom is -0.0910 e. The van der Waals surface area contributed by atoms with Crippen LogP contribution in [-0.2, 0) is 0 Å². The largest absolute Gasteiger partial charge is 0.0910 e. The maximum Gasteiger partial charge on any atom is 0.0354 e. The van der Waals surface area contributed by atoms with Gasteiger partial charge in [-0.05, 0) is 31.8 Å². The Morgan fingerprint density at radius 2 is 2.70 bits per heavy atom. The fourth-order valence-corrected chi connectivity index (χ4v) is 0.678. The van der Waals surface area contributed by atoms with E-state index >= 15 is 0 Å². The molecule has 0 saturated heterocycles. The minimum atomic E-state index is 0.318. The van der Waals surface area contributed by atoms with Gasteiger partial charge in [0.05, 0.1) is 0 Å². The minimum absolute atomic E-state index is 0.318. The molecule has 0 aliphatic carbocycles. The fourth-order valence-electron chi connectivity index (χ4n) is 0.474. The molecular weight excluding hydrogens is 140 g/mol. The standard InChI is InChI=1S/C9H12S/c1-9(2)7-5-4-6-8-10-3/h1,7H,4-5H2,2-3H3/b9-7-/i3T. The molecule has 0 aliphatic rings. The predicted molar refractivity (Wildman–Crippen MR) is 48.6 cm³/mol. The van der Waals surface area contributed by atoms with Crippen molar-refractivity contribution in [2.75, 3.05) is 6.23 Å². The molecule has 10 heavy (non-hydrogen) atoms. The van der Waals surface area contributed by atoms with Crippen molar-refractivity contribution in [3.8, 4) is 11.2 Å². The van der Waals surface area contributed by atoms with E-state index in [9.17, 15) is 0 Å². The zero-order valence-electron chi connectivity index (χ0n) is 7.18. The molecule has 0 heterocycles. The quantitative estimate of drug-likeness (QED) is 0.435. The Morgan fingerprint density at radius 1 is 1.90 bits per heavy atom. The van der Waals surface area contributed by atoms with Crippen molar-refractivity contribution in [2.45, 2.75) is 19.8 Å². The summed E-state index contributed by atoms with van der Waals surface area (Å²) in [7, 11) is 0. The number of rotatable bonds is 2. The Labute approximate surface area is 69.5 Å². The van der Waals surface area contributed by atoms with Gasteiger partial charge in [-0.2, -0.15) is 0 Å². The first-order chi connectivity index (χ1) is 5.27. The van der Waals surface area contributed by atoms with Crippen molar-refractivity contribution in [3.05, 3.63) is 18.6 Å². The summed E-state index contributed by atoms with van der Waals surface area (Å²) < 4.78 is 6.78. The highest BCUT2D eigenvalue weighted by Gasteiger charge is 1.77. The molecule has 0 spiro atoms. The molecule has 0 aromatic carbocycles. The maximum atomic E-state index is 6.78. The summed E-state index contributed by atoms with van der Waals surface area (Å²) in [4.78, 5) is 0. The van der Waals surface area contributed by atoms with Crippen LogP contribution in [0.25, 0.3) is 0 Å². The number of thioether (sulfide) groups is 1. The van der Waals surface area contributed by atoms with Crippen LogP contribution in [0.1, 0.15) is 21.1 Å². The van der Waals surface area contributed by atoms with Crippen molar-refractivity contribution in [3.63, 3.8) is 0 Å². The molecule has 2 radical (unpaired) electrons. The first-order valence-corrected chi connectivity index (χ1v) is 4.07. The second-order valence-electron chi connectivity index (χ2n) is 1.91. The number of hydrogen-bond acceptors (Lipinski definition) is 1. The van der Waals surface area contributed by atoms with Gasteiger partial charge >= 0.3 is 0 Å². The van der Waals surface area contributed by atoms with Crippen LogP contribution in [-0.4, -0.2) is 6.23 Å². The highest BCUT2D eigenvalue weighted by molar-refractivity contribution is 8.03. The lowest BCUT2D eigenvalue weighted by Gasteiger charge is -1.85. The molecule has 0 amide bonds. The average Bonchev–Trinajstić information content (AvgIpc) is 1.96. The van der Waals surface area contributed by atoms with E-state index in [0.717, 1.165) is 18.4 Å². The Hall–Kier alpha value is -0.350. The second-order valence-corrected chi connectivity index (χ2v) is 2.40. The summed E-state index contributed by atoms with van der Waals surface area (Å²) in [6.45, 7) is 7.28. The van der Waals surface area contributed by atoms with Crippen molar-refractivity contribution in [1.82, 2.24) is 0 Å². The SMILES string of the molecule is [3H]CSC#CCC/C=C(/[CH])C. The normalized spacial score (nSPS) is 11.8. The van der Waals surface area contributed by atoms with Gasteiger partial charge in [-0.3, -0.25) is 0 Å². The monoisotopic (exact) mass is 154 g/mol. The summed E-state index contributed by atoms with van der Waals surface area (Å²) in [6, 6.07) is 0. The van der Waals surface area contributed by atoms with Crippen LogP contribution < -0.4 is 0 Å². The molecule has 0 aromatic rings. The third kappa shape index (κ3) is 7.65. The molecule has 54 valence electrons. The van der Waals surface area contributed by atoms with Crippen molar-refractivity contribution in [1.29, 1.82) is 0 Å². The van der Waals surface area contributed by atoms with Crippen LogP contribution >= 0.6 is 11.8 Å². The highest BCUT2D eigenvalue weighted by Crippen LogP contribution is 1.95. The van der Waals surface area contributed by atoms with Crippen LogP contribution in [0.5, 0.6) is 0 Å². The first-order valence-electron chi connectivity index (χ1n) is 3.79. The van der Waals surface area contributed by atoms with Gasteiger partial charge in [0.25, 0.3) is 0 Å². The van der Waals surface area contributed by atoms with Gasteiger partial charge in [0.2, 0.25) is 0 Å². The fraction of sp³-hybridized carbons (Fsp3) is 0.444. The van der Waals surface area contributed by atoms with Crippen molar-refractivity contribution >= 4 is 11.8 Å². The summed E-state index contributed by atoms with van der Waals surface area (Å²) in [6.07, 6.45) is 4.02. The molecule has 0 N–H and O–H groups in total. The lowest BCUT2D eigenvalue weighted by atomic mass is 10.2. The van der Waals surface area contributed by atoms with Crippen molar-refractivity contribution in [2.24, 2.45) is 0 Å². The van der Waals surface area contributed by atoms with E-state index in [0.29, 0.717) is 6.23 Å². The van der Waals surface area contributed by atoms with Gasteiger partial charge in [0, 0.05) is 7.79 Å². The summed E-state index contributed by atoms with van der Waals surface area (Å²) in [5.74, 6) is 2.93. The number of hydrogen-bond donors (Lipinski definition) is 0. The second kappa shape index (κ2) is 6.77. The van der Waals surface area contributed by atoms with Gasteiger partial charge in [-0.1, -0.05) is 29.3 Å². The molecule has 0 saturated carbocycles. The lowest BCUT2D eigenvalue weighted by molar-refractivity contribution is 1.07. The molecular formula is C9H12S. The Bertz CT molecular complexity index is 170. The Kier molecular flexibility index (Phi) is 5.25. The van der Waals surface area contributed by atoms with Crippen LogP contribution in [0.3, 0.4) is 0 Å². The molecule has 0 rings (SSSR count). The van der Waals surface area contributed by atoms with E-state index in [-0.39, 0.29) is 0 Å². The predicted octanol–water partition coefficient (Wildman–Crippen LogP) is 2.75. The van der Waals surface area contributed by atoms with Gasteiger partial charge in [0.15, 0.2) is 0 Å². The molecule has 1 heteroatoms. The molecule has 0 fully saturated rings. The third-order valence-electron chi connectivity index (χ3n) is 0.880. The van der Waals surface area contributed by atoms with Crippen LogP contribution in [0, 0.1) is 18.1 Å². The zero-order valence-corrected chi connectivity index (χ0v) is 7.00. The summed E-state index contributed by atoms with van der Waals surface area (Å²) in [5.41, 5.74) is 0.847. The molecule has 0 nitrogen and oxygen atoms in total. The Balaban J connectivity index is 3.29. The first kappa shape index (κ1) is 7.75.